The molecule has 0 radical (unpaired) electrons. The van der Waals surface area contributed by atoms with Crippen LogP contribution in [-0.4, -0.2) is 30.6 Å². The van der Waals surface area contributed by atoms with Crippen molar-refractivity contribution < 1.29 is 4.39 Å². The highest BCUT2D eigenvalue weighted by atomic mass is 19.1. The molecule has 1 saturated heterocycles. The normalized spacial score (nSPS) is 18.2. The first-order valence-corrected chi connectivity index (χ1v) is 7.69. The number of benzene rings is 1. The average Bonchev–Trinajstić information content (AvgIpc) is 2.55. The van der Waals surface area contributed by atoms with E-state index in [1.54, 1.807) is 12.1 Å². The Morgan fingerprint density at radius 1 is 1.27 bits per heavy atom. The van der Waals surface area contributed by atoms with Crippen LogP contribution in [0.4, 0.5) is 10.3 Å². The highest BCUT2D eigenvalue weighted by molar-refractivity contribution is 5.66. The molecular formula is C17H21FN4. The third-order valence-corrected chi connectivity index (χ3v) is 3.98. The van der Waals surface area contributed by atoms with Gasteiger partial charge in [-0.3, -0.25) is 0 Å². The lowest BCUT2D eigenvalue weighted by atomic mass is 9.95. The van der Waals surface area contributed by atoms with E-state index in [0.717, 1.165) is 29.8 Å². The summed E-state index contributed by atoms with van der Waals surface area (Å²) in [5.41, 5.74) is 2.70. The summed E-state index contributed by atoms with van der Waals surface area (Å²) in [4.78, 5) is 11.0. The van der Waals surface area contributed by atoms with Gasteiger partial charge in [-0.05, 0) is 37.1 Å². The molecule has 0 amide bonds. The molecule has 1 N–H and O–H groups in total. The predicted molar refractivity (Wildman–Crippen MR) is 86.3 cm³/mol. The van der Waals surface area contributed by atoms with Gasteiger partial charge in [-0.2, -0.15) is 0 Å². The van der Waals surface area contributed by atoms with Crippen LogP contribution in [0.3, 0.4) is 0 Å². The van der Waals surface area contributed by atoms with Gasteiger partial charge in [0.1, 0.15) is 5.82 Å². The Hall–Kier alpha value is -2.01. The van der Waals surface area contributed by atoms with E-state index < -0.39 is 0 Å². The molecule has 1 aromatic heterocycles. The van der Waals surface area contributed by atoms with Crippen LogP contribution in [0.2, 0.25) is 0 Å². The molecule has 0 saturated carbocycles. The fourth-order valence-corrected chi connectivity index (χ4v) is 2.83. The molecule has 0 spiro atoms. The number of hydrogen-bond donors (Lipinski definition) is 1. The van der Waals surface area contributed by atoms with Crippen molar-refractivity contribution in [1.82, 2.24) is 15.3 Å². The van der Waals surface area contributed by atoms with Gasteiger partial charge < -0.3 is 10.2 Å². The van der Waals surface area contributed by atoms with Crippen molar-refractivity contribution in [3.05, 3.63) is 42.0 Å². The van der Waals surface area contributed by atoms with Gasteiger partial charge in [-0.15, -0.1) is 0 Å². The van der Waals surface area contributed by atoms with Gasteiger partial charge in [0.15, 0.2) is 0 Å². The van der Waals surface area contributed by atoms with Gasteiger partial charge in [-0.1, -0.05) is 18.6 Å². The van der Waals surface area contributed by atoms with Crippen molar-refractivity contribution in [2.75, 3.05) is 25.5 Å². The number of aromatic nitrogens is 2. The Morgan fingerprint density at radius 3 is 2.82 bits per heavy atom. The molecule has 0 aliphatic carbocycles. The lowest BCUT2D eigenvalue weighted by Crippen LogP contribution is -2.28. The van der Waals surface area contributed by atoms with Crippen LogP contribution < -0.4 is 10.2 Å². The van der Waals surface area contributed by atoms with Gasteiger partial charge >= 0.3 is 0 Å². The number of piperidine rings is 1. The maximum atomic E-state index is 13.6. The fraction of sp³-hybridized carbons (Fsp3) is 0.412. The lowest BCUT2D eigenvalue weighted by molar-refractivity contribution is 0.406. The quantitative estimate of drug-likeness (QED) is 0.945. The molecule has 5 heteroatoms. The largest absolute Gasteiger partial charge is 0.347 e. The van der Waals surface area contributed by atoms with Crippen LogP contribution in [0.5, 0.6) is 0 Å². The van der Waals surface area contributed by atoms with Crippen LogP contribution in [0, 0.1) is 5.82 Å². The smallest absolute Gasteiger partial charge is 0.225 e. The second-order valence-electron chi connectivity index (χ2n) is 5.88. The van der Waals surface area contributed by atoms with Gasteiger partial charge in [-0.25, -0.2) is 14.4 Å². The van der Waals surface area contributed by atoms with E-state index in [-0.39, 0.29) is 11.9 Å². The summed E-state index contributed by atoms with van der Waals surface area (Å²) in [6.45, 7) is 0.995. The van der Waals surface area contributed by atoms with Crippen molar-refractivity contribution in [2.45, 2.75) is 25.3 Å². The molecule has 2 aromatic rings. The Labute approximate surface area is 130 Å². The minimum atomic E-state index is -0.239. The third kappa shape index (κ3) is 3.09. The topological polar surface area (TPSA) is 41.1 Å². The molecule has 22 heavy (non-hydrogen) atoms. The molecule has 1 unspecified atom stereocenters. The van der Waals surface area contributed by atoms with E-state index in [2.05, 4.69) is 10.3 Å². The van der Waals surface area contributed by atoms with Crippen molar-refractivity contribution >= 4 is 5.95 Å². The zero-order valence-corrected chi connectivity index (χ0v) is 13.0. The summed E-state index contributed by atoms with van der Waals surface area (Å²) < 4.78 is 13.6. The summed E-state index contributed by atoms with van der Waals surface area (Å²) in [5, 5.41) is 3.52. The number of hydrogen-bond acceptors (Lipinski definition) is 4. The van der Waals surface area contributed by atoms with Crippen LogP contribution in [0.1, 0.15) is 31.0 Å². The van der Waals surface area contributed by atoms with Crippen molar-refractivity contribution in [3.8, 4) is 11.1 Å². The third-order valence-electron chi connectivity index (χ3n) is 3.98. The Bertz CT molecular complexity index is 651. The molecule has 4 nitrogen and oxygen atoms in total. The number of nitrogens with zero attached hydrogens (tertiary/aromatic N) is 3. The van der Waals surface area contributed by atoms with Crippen LogP contribution >= 0.6 is 0 Å². The fourth-order valence-electron chi connectivity index (χ4n) is 2.83. The first kappa shape index (κ1) is 14.9. The average molecular weight is 300 g/mol. The molecule has 1 aliphatic rings. The summed E-state index contributed by atoms with van der Waals surface area (Å²) in [7, 11) is 3.85. The van der Waals surface area contributed by atoms with Crippen LogP contribution in [0.25, 0.3) is 11.1 Å². The number of anilines is 1. The molecule has 1 aliphatic heterocycles. The van der Waals surface area contributed by atoms with Crippen LogP contribution in [-0.2, 0) is 0 Å². The SMILES string of the molecule is CN(C)c1ncc(-c2cccc(F)c2)c(C2CCCCN2)n1. The van der Waals surface area contributed by atoms with E-state index in [1.165, 1.54) is 18.9 Å². The zero-order valence-electron chi connectivity index (χ0n) is 13.0. The molecule has 1 aromatic carbocycles. The van der Waals surface area contributed by atoms with E-state index in [9.17, 15) is 4.39 Å². The van der Waals surface area contributed by atoms with Gasteiger partial charge in [0, 0.05) is 25.9 Å². The number of halogens is 1. The van der Waals surface area contributed by atoms with Gasteiger partial charge in [0.2, 0.25) is 5.95 Å². The first-order valence-electron chi connectivity index (χ1n) is 7.69. The summed E-state index contributed by atoms with van der Waals surface area (Å²) in [5.74, 6) is 0.444. The van der Waals surface area contributed by atoms with E-state index in [1.807, 2.05) is 31.3 Å². The highest BCUT2D eigenvalue weighted by Gasteiger charge is 2.21. The lowest BCUT2D eigenvalue weighted by Gasteiger charge is -2.26. The molecule has 3 rings (SSSR count). The highest BCUT2D eigenvalue weighted by Crippen LogP contribution is 2.31. The second-order valence-corrected chi connectivity index (χ2v) is 5.88. The zero-order chi connectivity index (χ0) is 15.5. The maximum absolute atomic E-state index is 13.6. The summed E-state index contributed by atoms with van der Waals surface area (Å²) >= 11 is 0. The minimum Gasteiger partial charge on any atom is -0.347 e. The predicted octanol–water partition coefficient (Wildman–Crippen LogP) is 3.16. The van der Waals surface area contributed by atoms with E-state index in [4.69, 9.17) is 4.98 Å². The Balaban J connectivity index is 2.07. The second kappa shape index (κ2) is 6.40. The Kier molecular flexibility index (Phi) is 4.34. The molecule has 116 valence electrons. The number of nitrogens with one attached hydrogen (secondary N) is 1. The van der Waals surface area contributed by atoms with Crippen LogP contribution in [0.15, 0.2) is 30.5 Å². The van der Waals surface area contributed by atoms with E-state index in [0.29, 0.717) is 5.95 Å². The standard InChI is InChI=1S/C17H21FN4/c1-22(2)17-20-11-14(12-6-5-7-13(18)10-12)16(21-17)15-8-3-4-9-19-15/h5-7,10-11,15,19H,3-4,8-9H2,1-2H3. The van der Waals surface area contributed by atoms with Crippen molar-refractivity contribution in [3.63, 3.8) is 0 Å². The molecular weight excluding hydrogens is 279 g/mol. The first-order chi connectivity index (χ1) is 10.6. The van der Waals surface area contributed by atoms with Crippen molar-refractivity contribution in [2.24, 2.45) is 0 Å². The van der Waals surface area contributed by atoms with Gasteiger partial charge in [0.25, 0.3) is 0 Å². The summed E-state index contributed by atoms with van der Waals surface area (Å²) in [6, 6.07) is 6.83. The molecule has 1 fully saturated rings. The van der Waals surface area contributed by atoms with Gasteiger partial charge in [0.05, 0.1) is 11.7 Å². The number of rotatable bonds is 3. The van der Waals surface area contributed by atoms with Crippen molar-refractivity contribution in [1.29, 1.82) is 0 Å². The molecule has 0 bridgehead atoms. The summed E-state index contributed by atoms with van der Waals surface area (Å²) in [6.07, 6.45) is 5.23. The Morgan fingerprint density at radius 2 is 2.14 bits per heavy atom. The monoisotopic (exact) mass is 300 g/mol. The molecule has 1 atom stereocenters. The van der Waals surface area contributed by atoms with E-state index >= 15 is 0 Å². The molecule has 2 heterocycles. The maximum Gasteiger partial charge on any atom is 0.225 e. The minimum absolute atomic E-state index is 0.203.